The summed E-state index contributed by atoms with van der Waals surface area (Å²) >= 11 is 7.64. The molecular weight excluding hydrogens is 228 g/mol. The van der Waals surface area contributed by atoms with Gasteiger partial charge in [0.15, 0.2) is 0 Å². The van der Waals surface area contributed by atoms with Crippen LogP contribution in [-0.4, -0.2) is 10.4 Å². The quantitative estimate of drug-likeness (QED) is 0.876. The summed E-state index contributed by atoms with van der Waals surface area (Å²) in [6.07, 6.45) is 0.852. The molecule has 0 radical (unpaired) electrons. The molecule has 0 aliphatic rings. The Morgan fingerprint density at radius 3 is 2.93 bits per heavy atom. The molecule has 0 amide bonds. The zero-order valence-corrected chi connectivity index (χ0v) is 10.3. The number of nitrogens with two attached hydrogens (primary N) is 1. The second-order valence-electron chi connectivity index (χ2n) is 3.90. The summed E-state index contributed by atoms with van der Waals surface area (Å²) in [4.78, 5) is 0. The molecular formula is C11H13ClN2S. The van der Waals surface area contributed by atoms with Crippen molar-refractivity contribution in [3.63, 3.8) is 0 Å². The van der Waals surface area contributed by atoms with E-state index in [1.807, 2.05) is 19.9 Å². The molecule has 1 heterocycles. The highest BCUT2D eigenvalue weighted by Crippen LogP contribution is 2.31. The molecule has 15 heavy (non-hydrogen) atoms. The van der Waals surface area contributed by atoms with Crippen LogP contribution in [0.3, 0.4) is 0 Å². The molecule has 2 nitrogen and oxygen atoms in total. The minimum absolute atomic E-state index is 0.158. The minimum atomic E-state index is 0.158. The molecule has 0 aliphatic heterocycles. The number of halogens is 1. The fourth-order valence-electron chi connectivity index (χ4n) is 1.66. The Hall–Kier alpha value is -0.640. The van der Waals surface area contributed by atoms with E-state index in [0.717, 1.165) is 27.2 Å². The number of fused-ring (bicyclic) bond motifs is 1. The Morgan fingerprint density at radius 2 is 2.27 bits per heavy atom. The van der Waals surface area contributed by atoms with Crippen LogP contribution < -0.4 is 5.73 Å². The molecule has 0 aliphatic carbocycles. The maximum atomic E-state index is 6.19. The summed E-state index contributed by atoms with van der Waals surface area (Å²) in [6, 6.07) is 4.29. The molecule has 0 bridgehead atoms. The van der Waals surface area contributed by atoms with Crippen LogP contribution in [0.2, 0.25) is 5.02 Å². The van der Waals surface area contributed by atoms with Crippen molar-refractivity contribution in [2.24, 2.45) is 5.73 Å². The number of nitrogens with zero attached hydrogens (tertiary/aromatic N) is 1. The van der Waals surface area contributed by atoms with E-state index in [-0.39, 0.29) is 6.04 Å². The first kappa shape index (κ1) is 10.9. The van der Waals surface area contributed by atoms with Crippen LogP contribution in [0.25, 0.3) is 10.1 Å². The van der Waals surface area contributed by atoms with E-state index >= 15 is 0 Å². The van der Waals surface area contributed by atoms with Gasteiger partial charge in [-0.2, -0.15) is 4.37 Å². The molecule has 2 rings (SSSR count). The molecule has 1 atom stereocenters. The third-order valence-electron chi connectivity index (χ3n) is 2.32. The number of hydrogen-bond donors (Lipinski definition) is 1. The van der Waals surface area contributed by atoms with Crippen molar-refractivity contribution < 1.29 is 0 Å². The maximum Gasteiger partial charge on any atom is 0.0739 e. The van der Waals surface area contributed by atoms with Crippen LogP contribution in [0.4, 0.5) is 0 Å². The number of benzene rings is 1. The Kier molecular flexibility index (Phi) is 2.96. The Balaban J connectivity index is 2.55. The molecule has 2 aromatic rings. The predicted molar refractivity (Wildman–Crippen MR) is 66.7 cm³/mol. The van der Waals surface area contributed by atoms with Crippen LogP contribution in [0.1, 0.15) is 18.2 Å². The first-order valence-corrected chi connectivity index (χ1v) is 6.03. The van der Waals surface area contributed by atoms with Crippen molar-refractivity contribution in [1.29, 1.82) is 0 Å². The molecule has 1 aromatic heterocycles. The first-order valence-electron chi connectivity index (χ1n) is 4.88. The van der Waals surface area contributed by atoms with Gasteiger partial charge in [-0.15, -0.1) is 0 Å². The molecule has 0 saturated carbocycles. The lowest BCUT2D eigenvalue weighted by molar-refractivity contribution is 0.739. The predicted octanol–water partition coefficient (Wildman–Crippen LogP) is 3.15. The van der Waals surface area contributed by atoms with E-state index < -0.39 is 0 Å². The monoisotopic (exact) mass is 240 g/mol. The molecule has 80 valence electrons. The standard InChI is InChI=1S/C11H13ClN2S/c1-6(13)3-8-4-9-7(2)14-15-11(9)10(12)5-8/h4-6H,3,13H2,1-2H3. The topological polar surface area (TPSA) is 38.9 Å². The smallest absolute Gasteiger partial charge is 0.0739 e. The largest absolute Gasteiger partial charge is 0.328 e. The van der Waals surface area contributed by atoms with Gasteiger partial charge in [-0.25, -0.2) is 0 Å². The van der Waals surface area contributed by atoms with Crippen LogP contribution in [0.5, 0.6) is 0 Å². The van der Waals surface area contributed by atoms with Crippen molar-refractivity contribution >= 4 is 33.2 Å². The van der Waals surface area contributed by atoms with Gasteiger partial charge < -0.3 is 5.73 Å². The average Bonchev–Trinajstić information content (AvgIpc) is 2.47. The molecule has 1 aromatic carbocycles. The van der Waals surface area contributed by atoms with E-state index in [1.165, 1.54) is 17.1 Å². The van der Waals surface area contributed by atoms with Crippen molar-refractivity contribution in [3.05, 3.63) is 28.4 Å². The van der Waals surface area contributed by atoms with Gasteiger partial charge in [0.2, 0.25) is 0 Å². The van der Waals surface area contributed by atoms with Gasteiger partial charge in [-0.1, -0.05) is 11.6 Å². The number of aromatic nitrogens is 1. The van der Waals surface area contributed by atoms with Crippen molar-refractivity contribution in [2.45, 2.75) is 26.3 Å². The Morgan fingerprint density at radius 1 is 1.53 bits per heavy atom. The SMILES string of the molecule is Cc1nsc2c(Cl)cc(CC(C)N)cc12. The van der Waals surface area contributed by atoms with Gasteiger partial charge in [-0.05, 0) is 49.5 Å². The molecule has 2 N–H and O–H groups in total. The van der Waals surface area contributed by atoms with Gasteiger partial charge in [0.1, 0.15) is 0 Å². The number of hydrogen-bond acceptors (Lipinski definition) is 3. The number of rotatable bonds is 2. The van der Waals surface area contributed by atoms with Crippen LogP contribution in [0, 0.1) is 6.92 Å². The third-order valence-corrected chi connectivity index (χ3v) is 3.72. The van der Waals surface area contributed by atoms with Gasteiger partial charge in [-0.3, -0.25) is 0 Å². The second-order valence-corrected chi connectivity index (χ2v) is 5.08. The van der Waals surface area contributed by atoms with Gasteiger partial charge >= 0.3 is 0 Å². The Bertz CT molecular complexity index is 491. The highest BCUT2D eigenvalue weighted by Gasteiger charge is 2.08. The second kappa shape index (κ2) is 4.08. The van der Waals surface area contributed by atoms with E-state index in [4.69, 9.17) is 17.3 Å². The third kappa shape index (κ3) is 2.14. The fourth-order valence-corrected chi connectivity index (χ4v) is 2.79. The average molecular weight is 241 g/mol. The maximum absolute atomic E-state index is 6.19. The molecule has 0 fully saturated rings. The van der Waals surface area contributed by atoms with Crippen LogP contribution in [-0.2, 0) is 6.42 Å². The highest BCUT2D eigenvalue weighted by atomic mass is 35.5. The van der Waals surface area contributed by atoms with E-state index in [2.05, 4.69) is 10.4 Å². The van der Waals surface area contributed by atoms with Crippen molar-refractivity contribution in [3.8, 4) is 0 Å². The van der Waals surface area contributed by atoms with Gasteiger partial charge in [0.25, 0.3) is 0 Å². The molecule has 0 spiro atoms. The van der Waals surface area contributed by atoms with Gasteiger partial charge in [0.05, 0.1) is 15.4 Å². The lowest BCUT2D eigenvalue weighted by Crippen LogP contribution is -2.17. The molecule has 4 heteroatoms. The number of aryl methyl sites for hydroxylation is 1. The fraction of sp³-hybridized carbons (Fsp3) is 0.364. The van der Waals surface area contributed by atoms with Crippen molar-refractivity contribution in [1.82, 2.24) is 4.37 Å². The summed E-state index contributed by atoms with van der Waals surface area (Å²) in [5.74, 6) is 0. The zero-order valence-electron chi connectivity index (χ0n) is 8.75. The minimum Gasteiger partial charge on any atom is -0.328 e. The zero-order chi connectivity index (χ0) is 11.0. The lowest BCUT2D eigenvalue weighted by Gasteiger charge is -2.06. The normalized spacial score (nSPS) is 13.3. The highest BCUT2D eigenvalue weighted by molar-refractivity contribution is 7.14. The summed E-state index contributed by atoms with van der Waals surface area (Å²) in [5, 5.41) is 1.94. The summed E-state index contributed by atoms with van der Waals surface area (Å²) < 4.78 is 5.37. The Labute approximate surface area is 98.2 Å². The lowest BCUT2D eigenvalue weighted by atomic mass is 10.1. The van der Waals surface area contributed by atoms with Crippen LogP contribution in [0.15, 0.2) is 12.1 Å². The van der Waals surface area contributed by atoms with Gasteiger partial charge in [0, 0.05) is 11.4 Å². The van der Waals surface area contributed by atoms with Crippen LogP contribution >= 0.6 is 23.1 Å². The molecule has 1 unspecified atom stereocenters. The summed E-state index contributed by atoms with van der Waals surface area (Å²) in [6.45, 7) is 4.00. The van der Waals surface area contributed by atoms with Crippen molar-refractivity contribution in [2.75, 3.05) is 0 Å². The molecule has 0 saturated heterocycles. The summed E-state index contributed by atoms with van der Waals surface area (Å²) in [5.41, 5.74) is 8.01. The van der Waals surface area contributed by atoms with E-state index in [1.54, 1.807) is 0 Å². The summed E-state index contributed by atoms with van der Waals surface area (Å²) in [7, 11) is 0. The van der Waals surface area contributed by atoms with E-state index in [0.29, 0.717) is 0 Å². The van der Waals surface area contributed by atoms with E-state index in [9.17, 15) is 0 Å². The first-order chi connectivity index (χ1) is 7.08.